The Labute approximate surface area is 121 Å². The number of fused-ring (bicyclic) bond motifs is 1. The molecular formula is C14H17N3O2S. The highest BCUT2D eigenvalue weighted by molar-refractivity contribution is 7.12. The quantitative estimate of drug-likeness (QED) is 0.867. The van der Waals surface area contributed by atoms with Gasteiger partial charge in [-0.2, -0.15) is 5.10 Å². The molecule has 1 aliphatic rings. The second-order valence-corrected chi connectivity index (χ2v) is 5.94. The second-order valence-electron chi connectivity index (χ2n) is 4.99. The van der Waals surface area contributed by atoms with Crippen molar-refractivity contribution in [3.63, 3.8) is 0 Å². The molecule has 106 valence electrons. The SMILES string of the molecule is COC[C@H]1CN(C(=O)c2cccs2)Cc2cnn(C)c21. The summed E-state index contributed by atoms with van der Waals surface area (Å²) in [4.78, 5) is 15.2. The number of carbonyl (C=O) groups is 1. The van der Waals surface area contributed by atoms with Crippen LogP contribution in [-0.4, -0.2) is 40.8 Å². The molecule has 6 heteroatoms. The number of ether oxygens (including phenoxy) is 1. The van der Waals surface area contributed by atoms with Crippen molar-refractivity contribution in [2.24, 2.45) is 7.05 Å². The van der Waals surface area contributed by atoms with E-state index in [2.05, 4.69) is 5.10 Å². The molecule has 5 nitrogen and oxygen atoms in total. The molecule has 1 amide bonds. The van der Waals surface area contributed by atoms with Crippen molar-refractivity contribution in [2.45, 2.75) is 12.5 Å². The third-order valence-corrected chi connectivity index (χ3v) is 4.50. The highest BCUT2D eigenvalue weighted by Gasteiger charge is 2.31. The van der Waals surface area contributed by atoms with Gasteiger partial charge < -0.3 is 9.64 Å². The molecule has 0 spiro atoms. The zero-order chi connectivity index (χ0) is 14.1. The van der Waals surface area contributed by atoms with Crippen LogP contribution in [0, 0.1) is 0 Å². The Balaban J connectivity index is 1.88. The van der Waals surface area contributed by atoms with Crippen LogP contribution in [0.2, 0.25) is 0 Å². The summed E-state index contributed by atoms with van der Waals surface area (Å²) in [5.74, 6) is 0.274. The van der Waals surface area contributed by atoms with Gasteiger partial charge in [-0.15, -0.1) is 11.3 Å². The van der Waals surface area contributed by atoms with E-state index in [9.17, 15) is 4.79 Å². The number of rotatable bonds is 3. The molecular weight excluding hydrogens is 274 g/mol. The van der Waals surface area contributed by atoms with Gasteiger partial charge in [0.2, 0.25) is 0 Å². The van der Waals surface area contributed by atoms with Crippen LogP contribution >= 0.6 is 11.3 Å². The van der Waals surface area contributed by atoms with Gasteiger partial charge in [-0.1, -0.05) is 6.07 Å². The predicted octanol–water partition coefficient (Wildman–Crippen LogP) is 1.87. The maximum Gasteiger partial charge on any atom is 0.264 e. The maximum atomic E-state index is 12.5. The molecule has 0 fully saturated rings. The monoisotopic (exact) mass is 291 g/mol. The number of methoxy groups -OCH3 is 1. The zero-order valence-electron chi connectivity index (χ0n) is 11.6. The molecule has 2 aromatic rings. The van der Waals surface area contributed by atoms with Gasteiger partial charge in [0.1, 0.15) is 0 Å². The van der Waals surface area contributed by atoms with Crippen LogP contribution in [-0.2, 0) is 18.3 Å². The third-order valence-electron chi connectivity index (χ3n) is 3.64. The number of thiophene rings is 1. The fourth-order valence-electron chi connectivity index (χ4n) is 2.81. The molecule has 0 saturated carbocycles. The molecule has 20 heavy (non-hydrogen) atoms. The first-order chi connectivity index (χ1) is 9.70. The van der Waals surface area contributed by atoms with Gasteiger partial charge >= 0.3 is 0 Å². The van der Waals surface area contributed by atoms with E-state index in [1.807, 2.05) is 40.3 Å². The lowest BCUT2D eigenvalue weighted by atomic mass is 9.97. The molecule has 3 heterocycles. The van der Waals surface area contributed by atoms with E-state index < -0.39 is 0 Å². The lowest BCUT2D eigenvalue weighted by Crippen LogP contribution is -2.39. The summed E-state index contributed by atoms with van der Waals surface area (Å²) >= 11 is 1.48. The van der Waals surface area contributed by atoms with Gasteiger partial charge in [0.25, 0.3) is 5.91 Å². The first-order valence-corrected chi connectivity index (χ1v) is 7.41. The highest BCUT2D eigenvalue weighted by atomic mass is 32.1. The van der Waals surface area contributed by atoms with Crippen molar-refractivity contribution in [3.8, 4) is 0 Å². The number of hydrogen-bond donors (Lipinski definition) is 0. The topological polar surface area (TPSA) is 47.4 Å². The molecule has 2 aromatic heterocycles. The van der Waals surface area contributed by atoms with Crippen molar-refractivity contribution in [1.29, 1.82) is 0 Å². The van der Waals surface area contributed by atoms with Crippen LogP contribution < -0.4 is 0 Å². The minimum absolute atomic E-state index is 0.0932. The Morgan fingerprint density at radius 3 is 3.15 bits per heavy atom. The summed E-state index contributed by atoms with van der Waals surface area (Å²) in [6, 6.07) is 3.78. The number of amides is 1. The van der Waals surface area contributed by atoms with Gasteiger partial charge in [0.05, 0.1) is 23.4 Å². The van der Waals surface area contributed by atoms with E-state index in [-0.39, 0.29) is 11.8 Å². The summed E-state index contributed by atoms with van der Waals surface area (Å²) < 4.78 is 7.20. The molecule has 0 N–H and O–H groups in total. The summed E-state index contributed by atoms with van der Waals surface area (Å²) in [6.07, 6.45) is 1.85. The van der Waals surface area contributed by atoms with Crippen LogP contribution in [0.3, 0.4) is 0 Å². The standard InChI is InChI=1S/C14H17N3O2S/c1-16-13-10(6-15-16)7-17(8-11(13)9-19-2)14(18)12-4-3-5-20-12/h3-6,11H,7-9H2,1-2H3/t11-/m1/s1. The third kappa shape index (κ3) is 2.25. The Morgan fingerprint density at radius 1 is 1.60 bits per heavy atom. The molecule has 1 aliphatic heterocycles. The average molecular weight is 291 g/mol. The number of carbonyl (C=O) groups excluding carboxylic acids is 1. The van der Waals surface area contributed by atoms with E-state index in [1.165, 1.54) is 17.0 Å². The highest BCUT2D eigenvalue weighted by Crippen LogP contribution is 2.29. The van der Waals surface area contributed by atoms with E-state index in [1.54, 1.807) is 7.11 Å². The molecule has 0 aliphatic carbocycles. The lowest BCUT2D eigenvalue weighted by molar-refractivity contribution is 0.0681. The number of hydrogen-bond acceptors (Lipinski definition) is 4. The van der Waals surface area contributed by atoms with E-state index >= 15 is 0 Å². The number of aryl methyl sites for hydroxylation is 1. The van der Waals surface area contributed by atoms with Crippen LogP contribution in [0.5, 0.6) is 0 Å². The minimum Gasteiger partial charge on any atom is -0.384 e. The normalized spacial score (nSPS) is 18.1. The molecule has 3 rings (SSSR count). The number of nitrogens with zero attached hydrogens (tertiary/aromatic N) is 3. The van der Waals surface area contributed by atoms with E-state index in [0.29, 0.717) is 19.7 Å². The Morgan fingerprint density at radius 2 is 2.45 bits per heavy atom. The van der Waals surface area contributed by atoms with Gasteiger partial charge in [-0.3, -0.25) is 9.48 Å². The molecule has 0 unspecified atom stereocenters. The van der Waals surface area contributed by atoms with Crippen molar-refractivity contribution in [1.82, 2.24) is 14.7 Å². The molecule has 0 radical (unpaired) electrons. The van der Waals surface area contributed by atoms with Crippen LogP contribution in [0.15, 0.2) is 23.7 Å². The Hall–Kier alpha value is -1.66. The fraction of sp³-hybridized carbons (Fsp3) is 0.429. The van der Waals surface area contributed by atoms with E-state index in [0.717, 1.165) is 10.4 Å². The molecule has 0 bridgehead atoms. The second kappa shape index (κ2) is 5.38. The van der Waals surface area contributed by atoms with Gasteiger partial charge in [-0.25, -0.2) is 0 Å². The predicted molar refractivity (Wildman–Crippen MR) is 76.9 cm³/mol. The van der Waals surface area contributed by atoms with E-state index in [4.69, 9.17) is 4.74 Å². The number of aromatic nitrogens is 2. The van der Waals surface area contributed by atoms with Crippen molar-refractivity contribution in [2.75, 3.05) is 20.3 Å². The fourth-order valence-corrected chi connectivity index (χ4v) is 3.50. The summed E-state index contributed by atoms with van der Waals surface area (Å²) in [5.41, 5.74) is 2.30. The largest absolute Gasteiger partial charge is 0.384 e. The Bertz CT molecular complexity index is 606. The summed E-state index contributed by atoms with van der Waals surface area (Å²) in [5, 5.41) is 6.24. The van der Waals surface area contributed by atoms with Crippen molar-refractivity contribution in [3.05, 3.63) is 39.8 Å². The summed E-state index contributed by atoms with van der Waals surface area (Å²) in [7, 11) is 3.63. The minimum atomic E-state index is 0.0932. The van der Waals surface area contributed by atoms with Crippen LogP contribution in [0.1, 0.15) is 26.8 Å². The molecule has 0 aromatic carbocycles. The van der Waals surface area contributed by atoms with Crippen LogP contribution in [0.25, 0.3) is 0 Å². The zero-order valence-corrected chi connectivity index (χ0v) is 12.4. The molecule has 0 saturated heterocycles. The Kier molecular flexibility index (Phi) is 3.58. The lowest BCUT2D eigenvalue weighted by Gasteiger charge is -2.32. The van der Waals surface area contributed by atoms with Gasteiger partial charge in [0.15, 0.2) is 0 Å². The van der Waals surface area contributed by atoms with Gasteiger partial charge in [0, 0.05) is 38.7 Å². The molecule has 1 atom stereocenters. The smallest absolute Gasteiger partial charge is 0.264 e. The first kappa shape index (κ1) is 13.3. The van der Waals surface area contributed by atoms with Gasteiger partial charge in [-0.05, 0) is 11.4 Å². The average Bonchev–Trinajstić information content (AvgIpc) is 3.08. The summed E-state index contributed by atoms with van der Waals surface area (Å²) in [6.45, 7) is 1.90. The van der Waals surface area contributed by atoms with Crippen LogP contribution in [0.4, 0.5) is 0 Å². The maximum absolute atomic E-state index is 12.5. The first-order valence-electron chi connectivity index (χ1n) is 6.53. The van der Waals surface area contributed by atoms with Crippen molar-refractivity contribution >= 4 is 17.2 Å². The van der Waals surface area contributed by atoms with Crippen molar-refractivity contribution < 1.29 is 9.53 Å².